The molecule has 35 heavy (non-hydrogen) atoms. The zero-order valence-corrected chi connectivity index (χ0v) is 20.4. The molecule has 1 saturated heterocycles. The molecule has 2 atom stereocenters. The molecule has 3 aromatic rings. The number of benzene rings is 3. The second-order valence-corrected chi connectivity index (χ2v) is 10.6. The average molecular weight is 492 g/mol. The van der Waals surface area contributed by atoms with E-state index >= 15 is 0 Å². The zero-order valence-electron chi connectivity index (χ0n) is 19.6. The van der Waals surface area contributed by atoms with E-state index in [2.05, 4.69) is 10.6 Å². The molecule has 0 aliphatic carbocycles. The number of hydrogen-bond donors (Lipinski definition) is 2. The highest BCUT2D eigenvalue weighted by Crippen LogP contribution is 2.25. The Balaban J connectivity index is 1.39. The number of carbonyl (C=O) groups is 2. The van der Waals surface area contributed by atoms with Crippen LogP contribution in [-0.4, -0.2) is 37.6 Å². The van der Waals surface area contributed by atoms with E-state index in [1.54, 1.807) is 60.7 Å². The number of anilines is 1. The number of piperidine rings is 1. The number of amides is 2. The van der Waals surface area contributed by atoms with E-state index < -0.39 is 15.9 Å². The van der Waals surface area contributed by atoms with Gasteiger partial charge in [-0.05, 0) is 61.7 Å². The Morgan fingerprint density at radius 1 is 0.943 bits per heavy atom. The fourth-order valence-corrected chi connectivity index (χ4v) is 5.75. The fraction of sp³-hybridized carbons (Fsp3) is 0.259. The molecule has 0 spiro atoms. The zero-order chi connectivity index (χ0) is 24.8. The molecule has 0 bridgehead atoms. The van der Waals surface area contributed by atoms with E-state index in [0.29, 0.717) is 30.6 Å². The summed E-state index contributed by atoms with van der Waals surface area (Å²) in [5.74, 6) is -0.809. The molecule has 0 aromatic heterocycles. The predicted octanol–water partition coefficient (Wildman–Crippen LogP) is 4.22. The number of sulfonamides is 1. The molecule has 7 nitrogen and oxygen atoms in total. The maximum absolute atomic E-state index is 13.0. The molecule has 2 amide bonds. The minimum absolute atomic E-state index is 0.156. The summed E-state index contributed by atoms with van der Waals surface area (Å²) in [6, 6.07) is 24.3. The van der Waals surface area contributed by atoms with Gasteiger partial charge in [-0.15, -0.1) is 0 Å². The standard InChI is InChI=1S/C27H29N3O4S/c1-20(22-12-8-14-24(18-22)29-26(31)21-10-4-2-5-11-21)28-27(32)23-13-9-17-30(19-23)35(33,34)25-15-6-3-7-16-25/h2-8,10-12,14-16,18,20,23H,9,13,17,19H2,1H3,(H,28,32)(H,29,31). The summed E-state index contributed by atoms with van der Waals surface area (Å²) in [4.78, 5) is 25.7. The van der Waals surface area contributed by atoms with Crippen molar-refractivity contribution in [1.29, 1.82) is 0 Å². The lowest BCUT2D eigenvalue weighted by Crippen LogP contribution is -2.45. The first-order valence-corrected chi connectivity index (χ1v) is 13.1. The molecule has 0 radical (unpaired) electrons. The summed E-state index contributed by atoms with van der Waals surface area (Å²) in [5.41, 5.74) is 2.04. The van der Waals surface area contributed by atoms with Crippen LogP contribution >= 0.6 is 0 Å². The topological polar surface area (TPSA) is 95.6 Å². The Morgan fingerprint density at radius 3 is 2.34 bits per heavy atom. The van der Waals surface area contributed by atoms with Crippen LogP contribution in [0.15, 0.2) is 89.8 Å². The summed E-state index contributed by atoms with van der Waals surface area (Å²) >= 11 is 0. The van der Waals surface area contributed by atoms with Gasteiger partial charge in [0.25, 0.3) is 5.91 Å². The van der Waals surface area contributed by atoms with Crippen molar-refractivity contribution in [2.24, 2.45) is 5.92 Å². The van der Waals surface area contributed by atoms with Gasteiger partial charge in [0.1, 0.15) is 0 Å². The van der Waals surface area contributed by atoms with Crippen molar-refractivity contribution in [3.8, 4) is 0 Å². The lowest BCUT2D eigenvalue weighted by Gasteiger charge is -2.32. The molecule has 1 heterocycles. The molecule has 1 fully saturated rings. The monoisotopic (exact) mass is 491 g/mol. The molecule has 8 heteroatoms. The van der Waals surface area contributed by atoms with Gasteiger partial charge in [0.05, 0.1) is 16.9 Å². The molecule has 2 unspecified atom stereocenters. The van der Waals surface area contributed by atoms with Crippen molar-refractivity contribution in [3.05, 3.63) is 96.1 Å². The van der Waals surface area contributed by atoms with E-state index in [0.717, 1.165) is 5.56 Å². The third-order valence-electron chi connectivity index (χ3n) is 6.18. The second kappa shape index (κ2) is 10.8. The van der Waals surface area contributed by atoms with Gasteiger partial charge >= 0.3 is 0 Å². The van der Waals surface area contributed by atoms with E-state index in [1.165, 1.54) is 4.31 Å². The molecular formula is C27H29N3O4S. The van der Waals surface area contributed by atoms with Gasteiger partial charge in [0, 0.05) is 24.3 Å². The molecule has 1 aliphatic heterocycles. The molecular weight excluding hydrogens is 462 g/mol. The highest BCUT2D eigenvalue weighted by molar-refractivity contribution is 7.89. The summed E-state index contributed by atoms with van der Waals surface area (Å²) < 4.78 is 27.4. The number of nitrogens with zero attached hydrogens (tertiary/aromatic N) is 1. The summed E-state index contributed by atoms with van der Waals surface area (Å²) in [6.07, 6.45) is 1.26. The first-order chi connectivity index (χ1) is 16.8. The minimum Gasteiger partial charge on any atom is -0.349 e. The normalized spacial score (nSPS) is 17.3. The van der Waals surface area contributed by atoms with E-state index in [9.17, 15) is 18.0 Å². The van der Waals surface area contributed by atoms with Crippen LogP contribution in [0.25, 0.3) is 0 Å². The molecule has 4 rings (SSSR count). The predicted molar refractivity (Wildman–Crippen MR) is 135 cm³/mol. The van der Waals surface area contributed by atoms with Crippen LogP contribution in [0.3, 0.4) is 0 Å². The molecule has 182 valence electrons. The van der Waals surface area contributed by atoms with Gasteiger partial charge in [-0.3, -0.25) is 9.59 Å². The lowest BCUT2D eigenvalue weighted by molar-refractivity contribution is -0.126. The Bertz CT molecular complexity index is 1280. The first kappa shape index (κ1) is 24.6. The summed E-state index contributed by atoms with van der Waals surface area (Å²) in [5, 5.41) is 5.90. The van der Waals surface area contributed by atoms with Crippen LogP contribution in [0.4, 0.5) is 5.69 Å². The number of hydrogen-bond acceptors (Lipinski definition) is 4. The van der Waals surface area contributed by atoms with Gasteiger partial charge in [-0.25, -0.2) is 8.42 Å². The number of carbonyl (C=O) groups excluding carboxylic acids is 2. The number of rotatable bonds is 7. The van der Waals surface area contributed by atoms with Crippen molar-refractivity contribution >= 4 is 27.5 Å². The summed E-state index contributed by atoms with van der Waals surface area (Å²) in [6.45, 7) is 2.43. The highest BCUT2D eigenvalue weighted by atomic mass is 32.2. The van der Waals surface area contributed by atoms with Crippen molar-refractivity contribution in [2.75, 3.05) is 18.4 Å². The smallest absolute Gasteiger partial charge is 0.255 e. The average Bonchev–Trinajstić information content (AvgIpc) is 2.90. The van der Waals surface area contributed by atoms with E-state index in [1.807, 2.05) is 31.2 Å². The van der Waals surface area contributed by atoms with Crippen LogP contribution < -0.4 is 10.6 Å². The van der Waals surface area contributed by atoms with Gasteiger partial charge < -0.3 is 10.6 Å². The van der Waals surface area contributed by atoms with Gasteiger partial charge in [0.15, 0.2) is 0 Å². The van der Waals surface area contributed by atoms with Gasteiger partial charge in [-0.1, -0.05) is 48.5 Å². The fourth-order valence-electron chi connectivity index (χ4n) is 4.21. The minimum atomic E-state index is -3.64. The van der Waals surface area contributed by atoms with Crippen LogP contribution in [0.2, 0.25) is 0 Å². The van der Waals surface area contributed by atoms with Crippen molar-refractivity contribution in [2.45, 2.75) is 30.7 Å². The van der Waals surface area contributed by atoms with E-state index in [-0.39, 0.29) is 29.3 Å². The Labute approximate surface area is 206 Å². The maximum Gasteiger partial charge on any atom is 0.255 e. The Morgan fingerprint density at radius 2 is 1.63 bits per heavy atom. The van der Waals surface area contributed by atoms with Gasteiger partial charge in [0.2, 0.25) is 15.9 Å². The van der Waals surface area contributed by atoms with Crippen molar-refractivity contribution in [1.82, 2.24) is 9.62 Å². The molecule has 0 saturated carbocycles. The molecule has 3 aromatic carbocycles. The van der Waals surface area contributed by atoms with Crippen LogP contribution in [-0.2, 0) is 14.8 Å². The number of nitrogens with one attached hydrogen (secondary N) is 2. The Hall–Kier alpha value is -3.49. The summed E-state index contributed by atoms with van der Waals surface area (Å²) in [7, 11) is -3.64. The second-order valence-electron chi connectivity index (χ2n) is 8.69. The maximum atomic E-state index is 13.0. The Kier molecular flexibility index (Phi) is 7.63. The van der Waals surface area contributed by atoms with Crippen LogP contribution in [0, 0.1) is 5.92 Å². The van der Waals surface area contributed by atoms with Crippen molar-refractivity contribution in [3.63, 3.8) is 0 Å². The van der Waals surface area contributed by atoms with Crippen LogP contribution in [0.1, 0.15) is 41.7 Å². The third kappa shape index (κ3) is 5.96. The molecule has 2 N–H and O–H groups in total. The van der Waals surface area contributed by atoms with E-state index in [4.69, 9.17) is 0 Å². The quantitative estimate of drug-likeness (QED) is 0.517. The third-order valence-corrected chi connectivity index (χ3v) is 8.05. The highest BCUT2D eigenvalue weighted by Gasteiger charge is 2.33. The largest absolute Gasteiger partial charge is 0.349 e. The molecule has 1 aliphatic rings. The van der Waals surface area contributed by atoms with Gasteiger partial charge in [-0.2, -0.15) is 4.31 Å². The first-order valence-electron chi connectivity index (χ1n) is 11.7. The lowest BCUT2D eigenvalue weighted by atomic mass is 9.97. The van der Waals surface area contributed by atoms with Crippen LogP contribution in [0.5, 0.6) is 0 Å². The van der Waals surface area contributed by atoms with Crippen molar-refractivity contribution < 1.29 is 18.0 Å². The SMILES string of the molecule is CC(NC(=O)C1CCCN(S(=O)(=O)c2ccccc2)C1)c1cccc(NC(=O)c2ccccc2)c1.